The fourth-order valence-corrected chi connectivity index (χ4v) is 0.263. The summed E-state index contributed by atoms with van der Waals surface area (Å²) >= 11 is 0. The standard InChI is InChI=1S/C7H8O4.C2H6O2/c1-3-6(8)10-5-11-7(9)4-2;3-1-2-4/h3-4H,1-2,5H2;3-4H,1-2H2. The van der Waals surface area contributed by atoms with Crippen molar-refractivity contribution in [1.82, 2.24) is 0 Å². The van der Waals surface area contributed by atoms with Crippen LogP contribution in [0.4, 0.5) is 0 Å². The summed E-state index contributed by atoms with van der Waals surface area (Å²) in [4.78, 5) is 20.6. The van der Waals surface area contributed by atoms with Crippen LogP contribution in [0.15, 0.2) is 25.3 Å². The number of aliphatic hydroxyl groups is 2. The van der Waals surface area contributed by atoms with Crippen LogP contribution in [0.3, 0.4) is 0 Å². The number of hydrogen-bond acceptors (Lipinski definition) is 6. The molecule has 0 saturated heterocycles. The molecule has 0 heterocycles. The number of esters is 2. The van der Waals surface area contributed by atoms with Crippen LogP contribution in [0.25, 0.3) is 0 Å². The monoisotopic (exact) mass is 218 g/mol. The molecule has 0 radical (unpaired) electrons. The van der Waals surface area contributed by atoms with E-state index in [1.165, 1.54) is 0 Å². The van der Waals surface area contributed by atoms with Gasteiger partial charge in [-0.3, -0.25) is 0 Å². The molecule has 86 valence electrons. The first-order valence-electron chi connectivity index (χ1n) is 3.92. The molecule has 0 bridgehead atoms. The summed E-state index contributed by atoms with van der Waals surface area (Å²) in [7, 11) is 0. The maximum absolute atomic E-state index is 10.3. The van der Waals surface area contributed by atoms with E-state index in [1.54, 1.807) is 0 Å². The van der Waals surface area contributed by atoms with Crippen LogP contribution >= 0.6 is 0 Å². The molecule has 0 amide bonds. The van der Waals surface area contributed by atoms with Crippen molar-refractivity contribution < 1.29 is 29.3 Å². The highest BCUT2D eigenvalue weighted by Gasteiger charge is 1.97. The lowest BCUT2D eigenvalue weighted by Crippen LogP contribution is -2.08. The summed E-state index contributed by atoms with van der Waals surface area (Å²) in [5.74, 6) is -1.27. The summed E-state index contributed by atoms with van der Waals surface area (Å²) in [6.45, 7) is 5.63. The third kappa shape index (κ3) is 15.1. The number of carbonyl (C=O) groups is 2. The lowest BCUT2D eigenvalue weighted by molar-refractivity contribution is -0.160. The molecule has 0 saturated carbocycles. The Labute approximate surface area is 87.4 Å². The smallest absolute Gasteiger partial charge is 0.333 e. The molecule has 0 aromatic carbocycles. The van der Waals surface area contributed by atoms with Gasteiger partial charge in [-0.25, -0.2) is 9.59 Å². The first-order valence-corrected chi connectivity index (χ1v) is 3.92. The van der Waals surface area contributed by atoms with Gasteiger partial charge in [0, 0.05) is 12.2 Å². The Kier molecular flexibility index (Phi) is 13.0. The van der Waals surface area contributed by atoms with E-state index < -0.39 is 18.7 Å². The molecule has 0 aliphatic rings. The quantitative estimate of drug-likeness (QED) is 0.362. The van der Waals surface area contributed by atoms with Crippen molar-refractivity contribution in [3.05, 3.63) is 25.3 Å². The largest absolute Gasteiger partial charge is 0.425 e. The van der Waals surface area contributed by atoms with Crippen molar-refractivity contribution in [2.24, 2.45) is 0 Å². The van der Waals surface area contributed by atoms with Crippen LogP contribution < -0.4 is 0 Å². The van der Waals surface area contributed by atoms with E-state index in [2.05, 4.69) is 22.6 Å². The lowest BCUT2D eigenvalue weighted by Gasteiger charge is -2.00. The van der Waals surface area contributed by atoms with Crippen LogP contribution in [-0.2, 0) is 19.1 Å². The van der Waals surface area contributed by atoms with E-state index in [1.807, 2.05) is 0 Å². The second kappa shape index (κ2) is 12.3. The molecule has 6 heteroatoms. The van der Waals surface area contributed by atoms with Gasteiger partial charge >= 0.3 is 11.9 Å². The first kappa shape index (κ1) is 15.8. The number of ether oxygens (including phenoxy) is 2. The average molecular weight is 218 g/mol. The Morgan fingerprint density at radius 3 is 1.53 bits per heavy atom. The number of rotatable bonds is 5. The molecule has 6 nitrogen and oxygen atoms in total. The molecule has 0 fully saturated rings. The van der Waals surface area contributed by atoms with E-state index in [0.717, 1.165) is 12.2 Å². The summed E-state index contributed by atoms with van der Waals surface area (Å²) in [6.07, 6.45) is 1.95. The lowest BCUT2D eigenvalue weighted by atomic mass is 10.7. The van der Waals surface area contributed by atoms with E-state index in [0.29, 0.717) is 0 Å². The van der Waals surface area contributed by atoms with Gasteiger partial charge in [0.15, 0.2) is 0 Å². The first-order chi connectivity index (χ1) is 7.12. The van der Waals surface area contributed by atoms with Crippen LogP contribution in [0.1, 0.15) is 0 Å². The zero-order valence-electron chi connectivity index (χ0n) is 8.22. The van der Waals surface area contributed by atoms with Crippen LogP contribution in [0.5, 0.6) is 0 Å². The van der Waals surface area contributed by atoms with Gasteiger partial charge in [0.2, 0.25) is 6.79 Å². The van der Waals surface area contributed by atoms with E-state index in [-0.39, 0.29) is 13.2 Å². The average Bonchev–Trinajstić information content (AvgIpc) is 2.28. The molecule has 2 N–H and O–H groups in total. The molecular formula is C9H14O6. The number of aliphatic hydroxyl groups excluding tert-OH is 2. The van der Waals surface area contributed by atoms with Gasteiger partial charge in [0.25, 0.3) is 0 Å². The molecule has 0 aromatic rings. The Morgan fingerprint density at radius 1 is 1.00 bits per heavy atom. The molecule has 0 aromatic heterocycles. The van der Waals surface area contributed by atoms with Gasteiger partial charge in [-0.05, 0) is 0 Å². The zero-order valence-corrected chi connectivity index (χ0v) is 8.22. The fourth-order valence-electron chi connectivity index (χ4n) is 0.263. The van der Waals surface area contributed by atoms with Crippen LogP contribution in [0.2, 0.25) is 0 Å². The van der Waals surface area contributed by atoms with Gasteiger partial charge in [0.05, 0.1) is 13.2 Å². The Bertz CT molecular complexity index is 189. The maximum Gasteiger partial charge on any atom is 0.333 e. The van der Waals surface area contributed by atoms with Crippen molar-refractivity contribution in [2.75, 3.05) is 20.0 Å². The van der Waals surface area contributed by atoms with Crippen molar-refractivity contribution in [2.45, 2.75) is 0 Å². The van der Waals surface area contributed by atoms with Crippen LogP contribution in [-0.4, -0.2) is 42.2 Å². The van der Waals surface area contributed by atoms with Crippen molar-refractivity contribution >= 4 is 11.9 Å². The van der Waals surface area contributed by atoms with Crippen molar-refractivity contribution in [3.63, 3.8) is 0 Å². The second-order valence-electron chi connectivity index (χ2n) is 1.90. The SMILES string of the molecule is C=CC(=O)OCOC(=O)C=C.OCCO. The van der Waals surface area contributed by atoms with E-state index in [4.69, 9.17) is 10.2 Å². The molecule has 0 rings (SSSR count). The van der Waals surface area contributed by atoms with E-state index in [9.17, 15) is 9.59 Å². The van der Waals surface area contributed by atoms with Crippen LogP contribution in [0, 0.1) is 0 Å². The molecule has 0 aliphatic heterocycles. The number of hydrogen-bond donors (Lipinski definition) is 2. The molecular weight excluding hydrogens is 204 g/mol. The highest BCUT2D eigenvalue weighted by atomic mass is 16.7. The summed E-state index contributed by atoms with van der Waals surface area (Å²) in [5.41, 5.74) is 0. The minimum Gasteiger partial charge on any atom is -0.425 e. The summed E-state index contributed by atoms with van der Waals surface area (Å²) in [6, 6.07) is 0. The Balaban J connectivity index is 0. The Hall–Kier alpha value is -1.66. The van der Waals surface area contributed by atoms with Gasteiger partial charge in [-0.2, -0.15) is 0 Å². The van der Waals surface area contributed by atoms with Gasteiger partial charge < -0.3 is 19.7 Å². The topological polar surface area (TPSA) is 93.1 Å². The molecule has 0 aliphatic carbocycles. The Morgan fingerprint density at radius 2 is 1.33 bits per heavy atom. The molecule has 0 unspecified atom stereocenters. The number of carbonyl (C=O) groups excluding carboxylic acids is 2. The van der Waals surface area contributed by atoms with Crippen molar-refractivity contribution in [1.29, 1.82) is 0 Å². The molecule has 0 atom stereocenters. The van der Waals surface area contributed by atoms with Crippen molar-refractivity contribution in [3.8, 4) is 0 Å². The third-order valence-corrected chi connectivity index (χ3v) is 0.836. The highest BCUT2D eigenvalue weighted by molar-refractivity contribution is 5.82. The predicted octanol–water partition coefficient (Wildman–Crippen LogP) is -0.627. The molecule has 0 spiro atoms. The summed E-state index contributed by atoms with van der Waals surface area (Å²) < 4.78 is 8.63. The van der Waals surface area contributed by atoms with Gasteiger partial charge in [-0.15, -0.1) is 0 Å². The second-order valence-corrected chi connectivity index (χ2v) is 1.90. The zero-order chi connectivity index (χ0) is 12.1. The predicted molar refractivity (Wildman–Crippen MR) is 51.6 cm³/mol. The fraction of sp³-hybridized carbons (Fsp3) is 0.333. The highest BCUT2D eigenvalue weighted by Crippen LogP contribution is 1.83. The minimum absolute atomic E-state index is 0.125. The molecule has 15 heavy (non-hydrogen) atoms. The van der Waals surface area contributed by atoms with E-state index >= 15 is 0 Å². The summed E-state index contributed by atoms with van der Waals surface area (Å²) in [5, 5.41) is 15.2. The maximum atomic E-state index is 10.3. The third-order valence-electron chi connectivity index (χ3n) is 0.836. The normalized spacial score (nSPS) is 7.87. The minimum atomic E-state index is -0.637. The van der Waals surface area contributed by atoms with Gasteiger partial charge in [-0.1, -0.05) is 13.2 Å². The van der Waals surface area contributed by atoms with Gasteiger partial charge in [0.1, 0.15) is 0 Å².